The maximum atomic E-state index is 11.2. The number of hydrogen-bond acceptors (Lipinski definition) is 5. The third-order valence-corrected chi connectivity index (χ3v) is 3.47. The fraction of sp³-hybridized carbons (Fsp3) is 0.417. The van der Waals surface area contributed by atoms with Gasteiger partial charge in [0, 0.05) is 24.1 Å². The lowest BCUT2D eigenvalue weighted by atomic mass is 10.1. The topological polar surface area (TPSA) is 83.7 Å². The fourth-order valence-corrected chi connectivity index (χ4v) is 2.63. The van der Waals surface area contributed by atoms with Gasteiger partial charge in [0.1, 0.15) is 5.56 Å². The van der Waals surface area contributed by atoms with Crippen molar-refractivity contribution in [2.24, 2.45) is 0 Å². The summed E-state index contributed by atoms with van der Waals surface area (Å²) in [4.78, 5) is 23.4. The highest BCUT2D eigenvalue weighted by atomic mass is 32.2. The van der Waals surface area contributed by atoms with Crippen LogP contribution in [0.2, 0.25) is 0 Å². The molecule has 0 aliphatic heterocycles. The van der Waals surface area contributed by atoms with Gasteiger partial charge in [0.15, 0.2) is 0 Å². The Kier molecular flexibility index (Phi) is 5.78. The highest BCUT2D eigenvalue weighted by Gasteiger charge is 2.22. The van der Waals surface area contributed by atoms with Crippen LogP contribution in [0.3, 0.4) is 0 Å². The molecule has 0 spiro atoms. The molecule has 19 heavy (non-hydrogen) atoms. The Hall–Kier alpha value is -1.60. The summed E-state index contributed by atoms with van der Waals surface area (Å²) >= 11 is 1.56. The normalized spacial score (nSPS) is 10.7. The summed E-state index contributed by atoms with van der Waals surface area (Å²) in [6, 6.07) is 4.36. The Balaban J connectivity index is 2.85. The SMILES string of the molecule is CN(C)CCSCc1cccc([N+](=O)[O-])c1C(=O)O. The first-order valence-electron chi connectivity index (χ1n) is 5.65. The van der Waals surface area contributed by atoms with Crippen molar-refractivity contribution in [3.8, 4) is 0 Å². The van der Waals surface area contributed by atoms with Crippen LogP contribution in [0.5, 0.6) is 0 Å². The van der Waals surface area contributed by atoms with Gasteiger partial charge in [0.05, 0.1) is 4.92 Å². The van der Waals surface area contributed by atoms with Gasteiger partial charge in [-0.15, -0.1) is 0 Å². The van der Waals surface area contributed by atoms with Gasteiger partial charge < -0.3 is 10.0 Å². The van der Waals surface area contributed by atoms with Crippen molar-refractivity contribution >= 4 is 23.4 Å². The molecule has 0 aromatic heterocycles. The molecular formula is C12H16N2O4S. The molecule has 0 saturated carbocycles. The molecule has 0 heterocycles. The molecule has 6 nitrogen and oxygen atoms in total. The number of aromatic carboxylic acids is 1. The molecule has 0 aliphatic rings. The molecule has 0 atom stereocenters. The number of carbonyl (C=O) groups is 1. The molecular weight excluding hydrogens is 268 g/mol. The first kappa shape index (κ1) is 15.5. The Labute approximate surface area is 115 Å². The molecule has 0 unspecified atom stereocenters. The van der Waals surface area contributed by atoms with Crippen molar-refractivity contribution in [3.63, 3.8) is 0 Å². The molecule has 0 aliphatic carbocycles. The van der Waals surface area contributed by atoms with E-state index < -0.39 is 10.9 Å². The second-order valence-corrected chi connectivity index (χ2v) is 5.33. The molecule has 0 amide bonds. The summed E-state index contributed by atoms with van der Waals surface area (Å²) in [7, 11) is 3.91. The van der Waals surface area contributed by atoms with Crippen LogP contribution < -0.4 is 0 Å². The Morgan fingerprint density at radius 1 is 1.47 bits per heavy atom. The monoisotopic (exact) mass is 284 g/mol. The first-order valence-corrected chi connectivity index (χ1v) is 6.81. The maximum absolute atomic E-state index is 11.2. The highest BCUT2D eigenvalue weighted by Crippen LogP contribution is 2.25. The third-order valence-electron chi connectivity index (χ3n) is 2.48. The van der Waals surface area contributed by atoms with Crippen LogP contribution in [0.15, 0.2) is 18.2 Å². The number of carboxylic acid groups (broad SMARTS) is 1. The van der Waals surface area contributed by atoms with E-state index in [0.717, 1.165) is 12.3 Å². The molecule has 104 valence electrons. The summed E-state index contributed by atoms with van der Waals surface area (Å²) in [5.41, 5.74) is -0.0616. The second kappa shape index (κ2) is 7.10. The van der Waals surface area contributed by atoms with E-state index in [1.807, 2.05) is 19.0 Å². The molecule has 0 radical (unpaired) electrons. The van der Waals surface area contributed by atoms with Crippen LogP contribution in [0.25, 0.3) is 0 Å². The van der Waals surface area contributed by atoms with Crippen molar-refractivity contribution in [1.82, 2.24) is 4.90 Å². The van der Waals surface area contributed by atoms with Crippen LogP contribution in [-0.2, 0) is 5.75 Å². The standard InChI is InChI=1S/C12H16N2O4S/c1-13(2)6-7-19-8-9-4-3-5-10(14(17)18)11(9)12(15)16/h3-5H,6-8H2,1-2H3,(H,15,16). The zero-order valence-electron chi connectivity index (χ0n) is 10.8. The van der Waals surface area contributed by atoms with E-state index in [2.05, 4.69) is 0 Å². The number of thioether (sulfide) groups is 1. The van der Waals surface area contributed by atoms with Crippen LogP contribution >= 0.6 is 11.8 Å². The van der Waals surface area contributed by atoms with Crippen LogP contribution in [-0.4, -0.2) is 47.3 Å². The molecule has 1 aromatic rings. The van der Waals surface area contributed by atoms with Crippen LogP contribution in [0, 0.1) is 10.1 Å². The van der Waals surface area contributed by atoms with E-state index >= 15 is 0 Å². The average Bonchev–Trinajstić information content (AvgIpc) is 2.33. The zero-order valence-corrected chi connectivity index (χ0v) is 11.6. The molecule has 1 rings (SSSR count). The quantitative estimate of drug-likeness (QED) is 0.469. The van der Waals surface area contributed by atoms with Gasteiger partial charge >= 0.3 is 5.97 Å². The largest absolute Gasteiger partial charge is 0.477 e. The first-order chi connectivity index (χ1) is 8.93. The molecule has 1 aromatic carbocycles. The summed E-state index contributed by atoms with van der Waals surface area (Å²) in [5, 5.41) is 19.9. The Morgan fingerprint density at radius 2 is 2.16 bits per heavy atom. The predicted molar refractivity (Wildman–Crippen MR) is 74.8 cm³/mol. The van der Waals surface area contributed by atoms with Crippen molar-refractivity contribution in [1.29, 1.82) is 0 Å². The minimum absolute atomic E-state index is 0.204. The van der Waals surface area contributed by atoms with Gasteiger partial charge in [-0.05, 0) is 19.7 Å². The van der Waals surface area contributed by atoms with Crippen molar-refractivity contribution in [2.75, 3.05) is 26.4 Å². The number of benzene rings is 1. The van der Waals surface area contributed by atoms with Crippen molar-refractivity contribution < 1.29 is 14.8 Å². The summed E-state index contributed by atoms with van der Waals surface area (Å²) in [6.07, 6.45) is 0. The molecule has 1 N–H and O–H groups in total. The summed E-state index contributed by atoms with van der Waals surface area (Å²) < 4.78 is 0. The Morgan fingerprint density at radius 3 is 2.68 bits per heavy atom. The van der Waals surface area contributed by atoms with E-state index in [0.29, 0.717) is 11.3 Å². The number of rotatable bonds is 7. The molecule has 7 heteroatoms. The van der Waals surface area contributed by atoms with Crippen molar-refractivity contribution in [3.05, 3.63) is 39.4 Å². The lowest BCUT2D eigenvalue weighted by Crippen LogP contribution is -2.15. The number of nitro benzene ring substituents is 1. The minimum Gasteiger partial charge on any atom is -0.477 e. The van der Waals surface area contributed by atoms with Crippen LogP contribution in [0.4, 0.5) is 5.69 Å². The van der Waals surface area contributed by atoms with Gasteiger partial charge in [-0.1, -0.05) is 12.1 Å². The van der Waals surface area contributed by atoms with Gasteiger partial charge in [-0.3, -0.25) is 10.1 Å². The number of carboxylic acids is 1. The number of hydrogen-bond donors (Lipinski definition) is 1. The van der Waals surface area contributed by atoms with E-state index in [1.165, 1.54) is 12.1 Å². The number of nitro groups is 1. The van der Waals surface area contributed by atoms with E-state index in [4.69, 9.17) is 5.11 Å². The van der Waals surface area contributed by atoms with Gasteiger partial charge in [-0.2, -0.15) is 11.8 Å². The predicted octanol–water partition coefficient (Wildman–Crippen LogP) is 2.09. The van der Waals surface area contributed by atoms with E-state index in [9.17, 15) is 14.9 Å². The highest BCUT2D eigenvalue weighted by molar-refractivity contribution is 7.98. The van der Waals surface area contributed by atoms with Crippen LogP contribution in [0.1, 0.15) is 15.9 Å². The average molecular weight is 284 g/mol. The second-order valence-electron chi connectivity index (χ2n) is 4.23. The fourth-order valence-electron chi connectivity index (χ4n) is 1.54. The van der Waals surface area contributed by atoms with Gasteiger partial charge in [-0.25, -0.2) is 4.79 Å². The minimum atomic E-state index is -1.25. The smallest absolute Gasteiger partial charge is 0.343 e. The zero-order chi connectivity index (χ0) is 14.4. The number of nitrogens with zero attached hydrogens (tertiary/aromatic N) is 2. The lowest BCUT2D eigenvalue weighted by molar-refractivity contribution is -0.385. The molecule has 0 bridgehead atoms. The maximum Gasteiger partial charge on any atom is 0.343 e. The molecule has 0 fully saturated rings. The van der Waals surface area contributed by atoms with E-state index in [1.54, 1.807) is 17.8 Å². The van der Waals surface area contributed by atoms with Gasteiger partial charge in [0.2, 0.25) is 0 Å². The summed E-state index contributed by atoms with van der Waals surface area (Å²) in [6.45, 7) is 0.877. The van der Waals surface area contributed by atoms with Crippen molar-refractivity contribution in [2.45, 2.75) is 5.75 Å². The molecule has 0 saturated heterocycles. The van der Waals surface area contributed by atoms with Gasteiger partial charge in [0.25, 0.3) is 5.69 Å². The third kappa shape index (κ3) is 4.53. The summed E-state index contributed by atoms with van der Waals surface area (Å²) in [5.74, 6) is 0.0434. The Bertz CT molecular complexity index is 477. The van der Waals surface area contributed by atoms with E-state index in [-0.39, 0.29) is 11.3 Å². The lowest BCUT2D eigenvalue weighted by Gasteiger charge is -2.10.